The van der Waals surface area contributed by atoms with Gasteiger partial charge in [0, 0.05) is 0 Å². The van der Waals surface area contributed by atoms with E-state index in [0.717, 1.165) is 5.56 Å². The first-order valence-corrected chi connectivity index (χ1v) is 5.36. The van der Waals surface area contributed by atoms with Crippen LogP contribution in [0.25, 0.3) is 0 Å². The van der Waals surface area contributed by atoms with Crippen LogP contribution in [0.2, 0.25) is 0 Å². The number of aliphatic hydroxyl groups excluding tert-OH is 2. The Kier molecular flexibility index (Phi) is 5.45. The van der Waals surface area contributed by atoms with Crippen molar-refractivity contribution in [2.24, 2.45) is 0 Å². The molecule has 3 N–H and O–H groups in total. The van der Waals surface area contributed by atoms with Crippen molar-refractivity contribution in [2.45, 2.75) is 13.0 Å². The second-order valence-corrected chi connectivity index (χ2v) is 3.73. The quantitative estimate of drug-likeness (QED) is 0.644. The van der Waals surface area contributed by atoms with Crippen LogP contribution in [-0.2, 0) is 4.79 Å². The Morgan fingerprint density at radius 2 is 2.12 bits per heavy atom. The largest absolute Gasteiger partial charge is 0.484 e. The maximum absolute atomic E-state index is 11.4. The standard InChI is InChI=1S/C12H17NO4/c1-9-3-2-4-11(5-9)17-8-12(16)13-10(6-14)7-15/h2-5,10,14-15H,6-8H2,1H3,(H,13,16). The van der Waals surface area contributed by atoms with Gasteiger partial charge in [0.25, 0.3) is 5.91 Å². The SMILES string of the molecule is Cc1cccc(OCC(=O)NC(CO)CO)c1. The zero-order chi connectivity index (χ0) is 12.7. The van der Waals surface area contributed by atoms with Crippen LogP contribution < -0.4 is 10.1 Å². The molecule has 17 heavy (non-hydrogen) atoms. The number of ether oxygens (including phenoxy) is 1. The average molecular weight is 239 g/mol. The molecule has 0 fully saturated rings. The molecule has 0 heterocycles. The van der Waals surface area contributed by atoms with E-state index in [1.54, 1.807) is 6.07 Å². The highest BCUT2D eigenvalue weighted by molar-refractivity contribution is 5.77. The highest BCUT2D eigenvalue weighted by atomic mass is 16.5. The van der Waals surface area contributed by atoms with Crippen LogP contribution in [0.5, 0.6) is 5.75 Å². The van der Waals surface area contributed by atoms with Gasteiger partial charge in [-0.25, -0.2) is 0 Å². The summed E-state index contributed by atoms with van der Waals surface area (Å²) < 4.78 is 5.26. The van der Waals surface area contributed by atoms with Gasteiger partial charge in [-0.15, -0.1) is 0 Å². The number of hydrogen-bond donors (Lipinski definition) is 3. The van der Waals surface area contributed by atoms with E-state index in [-0.39, 0.29) is 25.7 Å². The van der Waals surface area contributed by atoms with Crippen molar-refractivity contribution in [3.63, 3.8) is 0 Å². The van der Waals surface area contributed by atoms with Crippen molar-refractivity contribution < 1.29 is 19.7 Å². The summed E-state index contributed by atoms with van der Waals surface area (Å²) in [5.74, 6) is 0.240. The Labute approximate surface area is 100 Å². The van der Waals surface area contributed by atoms with Gasteiger partial charge < -0.3 is 20.3 Å². The Hall–Kier alpha value is -1.59. The predicted molar refractivity (Wildman–Crippen MR) is 62.8 cm³/mol. The average Bonchev–Trinajstić information content (AvgIpc) is 2.33. The lowest BCUT2D eigenvalue weighted by atomic mass is 10.2. The van der Waals surface area contributed by atoms with Crippen LogP contribution in [-0.4, -0.2) is 42.0 Å². The minimum absolute atomic E-state index is 0.139. The fourth-order valence-corrected chi connectivity index (χ4v) is 1.27. The molecule has 1 rings (SSSR count). The van der Waals surface area contributed by atoms with Crippen LogP contribution >= 0.6 is 0 Å². The molecule has 94 valence electrons. The third-order valence-electron chi connectivity index (χ3n) is 2.17. The Morgan fingerprint density at radius 3 is 2.71 bits per heavy atom. The summed E-state index contributed by atoms with van der Waals surface area (Å²) in [4.78, 5) is 11.4. The molecule has 0 atom stereocenters. The number of carbonyl (C=O) groups is 1. The first-order valence-electron chi connectivity index (χ1n) is 5.36. The molecule has 0 saturated heterocycles. The number of aliphatic hydroxyl groups is 2. The molecule has 5 heteroatoms. The topological polar surface area (TPSA) is 78.8 Å². The van der Waals surface area contributed by atoms with Crippen molar-refractivity contribution in [2.75, 3.05) is 19.8 Å². The zero-order valence-corrected chi connectivity index (χ0v) is 9.72. The van der Waals surface area contributed by atoms with Crippen molar-refractivity contribution in [3.8, 4) is 5.75 Å². The van der Waals surface area contributed by atoms with Gasteiger partial charge in [0.15, 0.2) is 6.61 Å². The number of hydrogen-bond acceptors (Lipinski definition) is 4. The highest BCUT2D eigenvalue weighted by Crippen LogP contribution is 2.11. The van der Waals surface area contributed by atoms with Crippen molar-refractivity contribution in [3.05, 3.63) is 29.8 Å². The van der Waals surface area contributed by atoms with Crippen molar-refractivity contribution in [1.82, 2.24) is 5.32 Å². The van der Waals surface area contributed by atoms with E-state index in [1.807, 2.05) is 25.1 Å². The van der Waals surface area contributed by atoms with E-state index in [4.69, 9.17) is 14.9 Å². The van der Waals surface area contributed by atoms with E-state index in [1.165, 1.54) is 0 Å². The molecule has 1 amide bonds. The maximum Gasteiger partial charge on any atom is 0.258 e. The zero-order valence-electron chi connectivity index (χ0n) is 9.72. The Balaban J connectivity index is 2.38. The molecule has 0 aliphatic rings. The van der Waals surface area contributed by atoms with Gasteiger partial charge in [-0.05, 0) is 24.6 Å². The minimum Gasteiger partial charge on any atom is -0.484 e. The maximum atomic E-state index is 11.4. The molecule has 0 unspecified atom stereocenters. The van der Waals surface area contributed by atoms with Gasteiger partial charge in [-0.3, -0.25) is 4.79 Å². The molecule has 0 saturated carbocycles. The molecule has 0 aliphatic heterocycles. The molecular weight excluding hydrogens is 222 g/mol. The van der Waals surface area contributed by atoms with Crippen molar-refractivity contribution >= 4 is 5.91 Å². The lowest BCUT2D eigenvalue weighted by Gasteiger charge is -2.13. The van der Waals surface area contributed by atoms with Crippen LogP contribution in [0.3, 0.4) is 0 Å². The second kappa shape index (κ2) is 6.88. The first-order chi connectivity index (χ1) is 8.15. The molecule has 0 bridgehead atoms. The van der Waals surface area contributed by atoms with Crippen LogP contribution in [0.4, 0.5) is 0 Å². The molecule has 0 spiro atoms. The summed E-state index contributed by atoms with van der Waals surface area (Å²) in [7, 11) is 0. The Morgan fingerprint density at radius 1 is 1.41 bits per heavy atom. The van der Waals surface area contributed by atoms with E-state index >= 15 is 0 Å². The van der Waals surface area contributed by atoms with E-state index in [9.17, 15) is 4.79 Å². The summed E-state index contributed by atoms with van der Waals surface area (Å²) in [5.41, 5.74) is 1.05. The molecule has 0 aliphatic carbocycles. The summed E-state index contributed by atoms with van der Waals surface area (Å²) in [6.07, 6.45) is 0. The third kappa shape index (κ3) is 4.84. The van der Waals surface area contributed by atoms with Crippen molar-refractivity contribution in [1.29, 1.82) is 0 Å². The van der Waals surface area contributed by atoms with Crippen LogP contribution in [0, 0.1) is 6.92 Å². The van der Waals surface area contributed by atoms with Gasteiger partial charge in [-0.1, -0.05) is 12.1 Å². The molecule has 1 aromatic rings. The van der Waals surface area contributed by atoms with Gasteiger partial charge in [0.05, 0.1) is 19.3 Å². The molecule has 0 radical (unpaired) electrons. The Bertz CT molecular complexity index is 363. The lowest BCUT2D eigenvalue weighted by Crippen LogP contribution is -2.42. The molecular formula is C12H17NO4. The number of aryl methyl sites for hydroxylation is 1. The summed E-state index contributed by atoms with van der Waals surface area (Å²) >= 11 is 0. The van der Waals surface area contributed by atoms with Crippen LogP contribution in [0.1, 0.15) is 5.56 Å². The molecule has 0 aromatic heterocycles. The third-order valence-corrected chi connectivity index (χ3v) is 2.17. The lowest BCUT2D eigenvalue weighted by molar-refractivity contribution is -0.124. The number of nitrogens with one attached hydrogen (secondary N) is 1. The van der Waals surface area contributed by atoms with Crippen LogP contribution in [0.15, 0.2) is 24.3 Å². The fraction of sp³-hybridized carbons (Fsp3) is 0.417. The highest BCUT2D eigenvalue weighted by Gasteiger charge is 2.10. The number of carbonyl (C=O) groups excluding carboxylic acids is 1. The van der Waals surface area contributed by atoms with Gasteiger partial charge in [0.1, 0.15) is 5.75 Å². The molecule has 1 aromatic carbocycles. The van der Waals surface area contributed by atoms with Gasteiger partial charge in [-0.2, -0.15) is 0 Å². The van der Waals surface area contributed by atoms with E-state index < -0.39 is 6.04 Å². The monoisotopic (exact) mass is 239 g/mol. The fourth-order valence-electron chi connectivity index (χ4n) is 1.27. The first kappa shape index (κ1) is 13.5. The predicted octanol–water partition coefficient (Wildman–Crippen LogP) is -0.157. The second-order valence-electron chi connectivity index (χ2n) is 3.73. The molecule has 5 nitrogen and oxygen atoms in total. The normalized spacial score (nSPS) is 10.4. The smallest absolute Gasteiger partial charge is 0.258 e. The van der Waals surface area contributed by atoms with Gasteiger partial charge in [0.2, 0.25) is 0 Å². The summed E-state index contributed by atoms with van der Waals surface area (Å²) in [5, 5.41) is 20.0. The summed E-state index contributed by atoms with van der Waals surface area (Å²) in [6.45, 7) is 1.19. The number of amides is 1. The number of rotatable bonds is 6. The minimum atomic E-state index is -0.636. The summed E-state index contributed by atoms with van der Waals surface area (Å²) in [6, 6.07) is 6.72. The number of benzene rings is 1. The van der Waals surface area contributed by atoms with E-state index in [2.05, 4.69) is 5.32 Å². The van der Waals surface area contributed by atoms with Gasteiger partial charge >= 0.3 is 0 Å². The van der Waals surface area contributed by atoms with E-state index in [0.29, 0.717) is 5.75 Å².